The quantitative estimate of drug-likeness (QED) is 0.0503. The van der Waals surface area contributed by atoms with Crippen molar-refractivity contribution >= 4 is 52.6 Å². The van der Waals surface area contributed by atoms with E-state index in [1.54, 1.807) is 66.7 Å². The summed E-state index contributed by atoms with van der Waals surface area (Å²) in [4.78, 5) is 51.4. The Kier molecular flexibility index (Phi) is 10.8. The number of thioether (sulfide) groups is 1. The smallest absolute Gasteiger partial charge is 0.272 e. The highest BCUT2D eigenvalue weighted by atomic mass is 32.2. The number of nitrogens with one attached hydrogen (secondary N) is 3. The van der Waals surface area contributed by atoms with E-state index < -0.39 is 22.0 Å². The normalized spacial score (nSPS) is 11.6. The fraction of sp³-hybridized carbons (Fsp3) is 0.0250. The van der Waals surface area contributed by atoms with Gasteiger partial charge >= 0.3 is 0 Å². The van der Waals surface area contributed by atoms with Gasteiger partial charge in [0.15, 0.2) is 0 Å². The molecule has 51 heavy (non-hydrogen) atoms. The number of hydrogen-bond donors (Lipinski definition) is 3. The van der Waals surface area contributed by atoms with Gasteiger partial charge in [0.2, 0.25) is 5.91 Å². The molecule has 1 heterocycles. The lowest BCUT2D eigenvalue weighted by Crippen LogP contribution is -2.30. The number of nitro groups is 1. The third-order valence-electron chi connectivity index (χ3n) is 7.55. The minimum Gasteiger partial charge on any atom is -0.457 e. The summed E-state index contributed by atoms with van der Waals surface area (Å²) in [5.74, 6) is -0.355. The third kappa shape index (κ3) is 9.05. The van der Waals surface area contributed by atoms with E-state index in [1.807, 2.05) is 60.7 Å². The molecule has 0 fully saturated rings. The van der Waals surface area contributed by atoms with Crippen LogP contribution in [0.2, 0.25) is 0 Å². The maximum absolute atomic E-state index is 13.6. The number of nitro benzene ring substituents is 1. The van der Waals surface area contributed by atoms with Crippen LogP contribution in [0.25, 0.3) is 17.4 Å². The van der Waals surface area contributed by atoms with Gasteiger partial charge in [0, 0.05) is 45.6 Å². The Bertz CT molecular complexity index is 2170. The average molecular weight is 695 g/mol. The van der Waals surface area contributed by atoms with Crippen molar-refractivity contribution in [2.24, 2.45) is 0 Å². The molecule has 1 unspecified atom stereocenters. The zero-order chi connectivity index (χ0) is 35.6. The van der Waals surface area contributed by atoms with Gasteiger partial charge < -0.3 is 20.4 Å². The van der Waals surface area contributed by atoms with E-state index in [1.165, 1.54) is 42.1 Å². The van der Waals surface area contributed by atoms with Crippen molar-refractivity contribution in [1.82, 2.24) is 5.32 Å². The van der Waals surface area contributed by atoms with Gasteiger partial charge in [0.05, 0.1) is 4.92 Å². The Balaban J connectivity index is 1.19. The van der Waals surface area contributed by atoms with Gasteiger partial charge in [0.1, 0.15) is 22.5 Å². The summed E-state index contributed by atoms with van der Waals surface area (Å²) in [5, 5.41) is 18.8. The molecule has 0 aliphatic heterocycles. The van der Waals surface area contributed by atoms with Gasteiger partial charge in [-0.3, -0.25) is 24.5 Å². The molecule has 6 aromatic rings. The summed E-state index contributed by atoms with van der Waals surface area (Å²) in [6.45, 7) is 0. The number of benzene rings is 5. The van der Waals surface area contributed by atoms with Gasteiger partial charge in [-0.1, -0.05) is 78.9 Å². The minimum atomic E-state index is -0.654. The van der Waals surface area contributed by atoms with E-state index in [9.17, 15) is 24.5 Å². The number of nitrogens with zero attached hydrogens (tertiary/aromatic N) is 1. The summed E-state index contributed by atoms with van der Waals surface area (Å²) in [5.41, 5.74) is 2.80. The molecule has 6 rings (SSSR count). The summed E-state index contributed by atoms with van der Waals surface area (Å²) < 4.78 is 5.98. The number of hydrogen-bond acceptors (Lipinski definition) is 7. The van der Waals surface area contributed by atoms with Crippen LogP contribution in [0.5, 0.6) is 0 Å². The van der Waals surface area contributed by atoms with E-state index >= 15 is 0 Å². The molecular weight excluding hydrogens is 665 g/mol. The van der Waals surface area contributed by atoms with Crippen molar-refractivity contribution in [1.29, 1.82) is 0 Å². The van der Waals surface area contributed by atoms with E-state index in [0.29, 0.717) is 28.5 Å². The highest BCUT2D eigenvalue weighted by molar-refractivity contribution is 8.00. The maximum atomic E-state index is 13.6. The fourth-order valence-corrected chi connectivity index (χ4v) is 6.02. The molecule has 11 heteroatoms. The number of anilines is 2. The molecular formula is C40H30N4O6S. The van der Waals surface area contributed by atoms with Gasteiger partial charge in [-0.05, 0) is 66.2 Å². The number of carbonyl (C=O) groups excluding carboxylic acids is 3. The van der Waals surface area contributed by atoms with Crippen LogP contribution in [0.1, 0.15) is 26.9 Å². The van der Waals surface area contributed by atoms with E-state index in [-0.39, 0.29) is 17.3 Å². The number of carbonyl (C=O) groups is 3. The molecule has 10 nitrogen and oxygen atoms in total. The first-order chi connectivity index (χ1) is 24.8. The number of amides is 3. The van der Waals surface area contributed by atoms with Gasteiger partial charge in [-0.25, -0.2) is 0 Å². The second-order valence-electron chi connectivity index (χ2n) is 11.1. The minimum absolute atomic E-state index is 0.0247. The van der Waals surface area contributed by atoms with Crippen molar-refractivity contribution in [3.63, 3.8) is 0 Å². The highest BCUT2D eigenvalue weighted by Crippen LogP contribution is 2.37. The number of furan rings is 1. The summed E-state index contributed by atoms with van der Waals surface area (Å²) in [7, 11) is 0. The Labute approximate surface area is 297 Å². The standard InChI is InChI=1S/C40H30N4O6S/c45-38(29-14-8-3-9-15-29)43-35(26-33-22-25-36(50-33)27-10-4-1-5-11-27)39(46)41-31-18-23-34(24-19-31)51-37(28-12-6-2-7-13-28)40(47)42-30-16-20-32(21-17-30)44(48)49/h1-26,37H,(H,41,46)(H,42,47)(H,43,45)/b35-26+. The molecule has 0 radical (unpaired) electrons. The van der Waals surface area contributed by atoms with Crippen LogP contribution in [0.3, 0.4) is 0 Å². The average Bonchev–Trinajstić information content (AvgIpc) is 3.64. The van der Waals surface area contributed by atoms with Crippen LogP contribution in [-0.2, 0) is 9.59 Å². The Morgan fingerprint density at radius 1 is 0.686 bits per heavy atom. The molecule has 5 aromatic carbocycles. The molecule has 3 amide bonds. The molecule has 0 bridgehead atoms. The molecule has 1 aromatic heterocycles. The van der Waals surface area contributed by atoms with Crippen molar-refractivity contribution in [3.05, 3.63) is 184 Å². The largest absolute Gasteiger partial charge is 0.457 e. The first-order valence-corrected chi connectivity index (χ1v) is 16.6. The lowest BCUT2D eigenvalue weighted by atomic mass is 10.1. The molecule has 0 saturated carbocycles. The van der Waals surface area contributed by atoms with Crippen LogP contribution < -0.4 is 16.0 Å². The van der Waals surface area contributed by atoms with Gasteiger partial charge in [-0.15, -0.1) is 11.8 Å². The van der Waals surface area contributed by atoms with Gasteiger partial charge in [-0.2, -0.15) is 0 Å². The molecule has 252 valence electrons. The molecule has 0 aliphatic rings. The second kappa shape index (κ2) is 16.1. The van der Waals surface area contributed by atoms with Crippen molar-refractivity contribution in [2.45, 2.75) is 10.1 Å². The molecule has 1 atom stereocenters. The van der Waals surface area contributed by atoms with Crippen molar-refractivity contribution in [3.8, 4) is 11.3 Å². The fourth-order valence-electron chi connectivity index (χ4n) is 5.00. The molecule has 0 saturated heterocycles. The number of non-ortho nitro benzene ring substituents is 1. The van der Waals surface area contributed by atoms with Crippen LogP contribution in [0.4, 0.5) is 17.1 Å². The van der Waals surface area contributed by atoms with Crippen LogP contribution in [-0.4, -0.2) is 22.6 Å². The lowest BCUT2D eigenvalue weighted by molar-refractivity contribution is -0.384. The Hall–Kier alpha value is -6.72. The van der Waals surface area contributed by atoms with Crippen molar-refractivity contribution in [2.75, 3.05) is 10.6 Å². The van der Waals surface area contributed by atoms with Crippen LogP contribution in [0.15, 0.2) is 167 Å². The first kappa shape index (κ1) is 34.2. The summed E-state index contributed by atoms with van der Waals surface area (Å²) in [6, 6.07) is 43.4. The van der Waals surface area contributed by atoms with Crippen LogP contribution in [0, 0.1) is 10.1 Å². The molecule has 3 N–H and O–H groups in total. The summed E-state index contributed by atoms with van der Waals surface area (Å²) in [6.07, 6.45) is 1.47. The van der Waals surface area contributed by atoms with Crippen molar-refractivity contribution < 1.29 is 23.7 Å². The monoisotopic (exact) mass is 694 g/mol. The van der Waals surface area contributed by atoms with Gasteiger partial charge in [0.25, 0.3) is 17.5 Å². The molecule has 0 aliphatic carbocycles. The SMILES string of the molecule is O=C(Nc1ccc(SC(C(=O)Nc2ccc([N+](=O)[O-])cc2)c2ccccc2)cc1)/C(=C\c1ccc(-c2ccccc2)o1)NC(=O)c1ccccc1. The number of rotatable bonds is 12. The topological polar surface area (TPSA) is 144 Å². The van der Waals surface area contributed by atoms with E-state index in [2.05, 4.69) is 16.0 Å². The predicted octanol–water partition coefficient (Wildman–Crippen LogP) is 8.74. The zero-order valence-corrected chi connectivity index (χ0v) is 27.7. The first-order valence-electron chi connectivity index (χ1n) is 15.7. The highest BCUT2D eigenvalue weighted by Gasteiger charge is 2.23. The predicted molar refractivity (Wildman–Crippen MR) is 198 cm³/mol. The zero-order valence-electron chi connectivity index (χ0n) is 26.9. The second-order valence-corrected chi connectivity index (χ2v) is 12.3. The van der Waals surface area contributed by atoms with E-state index in [4.69, 9.17) is 4.42 Å². The van der Waals surface area contributed by atoms with E-state index in [0.717, 1.165) is 16.0 Å². The molecule has 0 spiro atoms. The lowest BCUT2D eigenvalue weighted by Gasteiger charge is -2.17. The Morgan fingerprint density at radius 3 is 1.92 bits per heavy atom. The maximum Gasteiger partial charge on any atom is 0.272 e. The van der Waals surface area contributed by atoms with Crippen LogP contribution >= 0.6 is 11.8 Å². The Morgan fingerprint density at radius 2 is 1.27 bits per heavy atom. The summed E-state index contributed by atoms with van der Waals surface area (Å²) >= 11 is 1.31. The third-order valence-corrected chi connectivity index (χ3v) is 8.82.